The Kier molecular flexibility index (Phi) is 7.62. The number of alkyl halides is 3. The van der Waals surface area contributed by atoms with Gasteiger partial charge in [-0.2, -0.15) is 23.4 Å². The molecule has 4 aromatic rings. The average Bonchev–Trinajstić information content (AvgIpc) is 3.41. The van der Waals surface area contributed by atoms with Crippen molar-refractivity contribution in [3.05, 3.63) is 70.6 Å². The molecule has 2 aromatic heterocycles. The Balaban J connectivity index is 1.62. The molecule has 0 aliphatic heterocycles. The number of ether oxygens (including phenoxy) is 2. The number of rotatable bonds is 7. The van der Waals surface area contributed by atoms with Crippen molar-refractivity contribution < 1.29 is 27.4 Å². The fraction of sp³-hybridized carbons (Fsp3) is 0.174. The number of hydrogen-bond donors (Lipinski definition) is 2. The van der Waals surface area contributed by atoms with Gasteiger partial charge >= 0.3 is 12.3 Å². The predicted molar refractivity (Wildman–Crippen MR) is 131 cm³/mol. The lowest BCUT2D eigenvalue weighted by molar-refractivity contribution is -0.143. The van der Waals surface area contributed by atoms with E-state index in [1.807, 2.05) is 0 Å². The molecule has 0 spiro atoms. The van der Waals surface area contributed by atoms with E-state index in [4.69, 9.17) is 38.4 Å². The normalized spacial score (nSPS) is 11.4. The molecule has 4 rings (SSSR count). The molecular weight excluding hydrogens is 536 g/mol. The number of benzene rings is 2. The number of carbonyl (C=O) groups is 1. The lowest BCUT2D eigenvalue weighted by Gasteiger charge is -2.15. The first-order chi connectivity index (χ1) is 17.6. The summed E-state index contributed by atoms with van der Waals surface area (Å²) in [6.45, 7) is 0.477. The lowest BCUT2D eigenvalue weighted by Crippen LogP contribution is -2.20. The molecule has 0 unspecified atom stereocenters. The summed E-state index contributed by atoms with van der Waals surface area (Å²) in [4.78, 5) is 12.6. The highest BCUT2D eigenvalue weighted by Gasteiger charge is 2.40. The van der Waals surface area contributed by atoms with Gasteiger partial charge in [0.25, 0.3) is 0 Å². The molecule has 0 fully saturated rings. The van der Waals surface area contributed by atoms with E-state index < -0.39 is 23.7 Å². The van der Waals surface area contributed by atoms with Crippen LogP contribution < -0.4 is 20.5 Å². The highest BCUT2D eigenvalue weighted by Crippen LogP contribution is 2.39. The van der Waals surface area contributed by atoms with Crippen LogP contribution in [-0.2, 0) is 13.2 Å². The van der Waals surface area contributed by atoms with Crippen LogP contribution in [0.1, 0.15) is 5.69 Å². The van der Waals surface area contributed by atoms with Crippen LogP contribution in [0.15, 0.2) is 54.9 Å². The van der Waals surface area contributed by atoms with Crippen molar-refractivity contribution >= 4 is 35.0 Å². The fourth-order valence-corrected chi connectivity index (χ4v) is 3.88. The number of carbonyl (C=O) groups excluding carboxylic acids is 1. The maximum Gasteiger partial charge on any atom is 0.437 e. The third kappa shape index (κ3) is 5.82. The van der Waals surface area contributed by atoms with Gasteiger partial charge in [-0.15, -0.1) is 0 Å². The van der Waals surface area contributed by atoms with Crippen molar-refractivity contribution in [3.63, 3.8) is 0 Å². The molecule has 2 heterocycles. The third-order valence-corrected chi connectivity index (χ3v) is 5.56. The number of aryl methyl sites for hydroxylation is 1. The van der Waals surface area contributed by atoms with Gasteiger partial charge in [0.15, 0.2) is 11.4 Å². The molecule has 14 heteroatoms. The number of amides is 1. The molecule has 0 atom stereocenters. The second-order valence-electron chi connectivity index (χ2n) is 7.57. The van der Waals surface area contributed by atoms with E-state index in [-0.39, 0.29) is 24.5 Å². The number of hydrogen-bond acceptors (Lipinski definition) is 6. The first-order valence-corrected chi connectivity index (χ1v) is 11.4. The molecule has 3 N–H and O–H groups in total. The lowest BCUT2D eigenvalue weighted by atomic mass is 10.1. The van der Waals surface area contributed by atoms with E-state index in [0.29, 0.717) is 31.7 Å². The van der Waals surface area contributed by atoms with Gasteiger partial charge in [-0.1, -0.05) is 23.2 Å². The maximum absolute atomic E-state index is 13.9. The smallest absolute Gasteiger partial charge is 0.437 e. The van der Waals surface area contributed by atoms with Gasteiger partial charge in [-0.05, 0) is 42.5 Å². The zero-order valence-electron chi connectivity index (χ0n) is 19.1. The monoisotopic (exact) mass is 554 g/mol. The van der Waals surface area contributed by atoms with E-state index in [1.54, 1.807) is 13.1 Å². The van der Waals surface area contributed by atoms with Crippen LogP contribution in [0, 0.1) is 0 Å². The average molecular weight is 555 g/mol. The molecular formula is C23H19Cl2F3N6O3. The summed E-state index contributed by atoms with van der Waals surface area (Å²) in [5.41, 5.74) is 5.52. The van der Waals surface area contributed by atoms with E-state index >= 15 is 0 Å². The number of nitrogens with zero attached hydrogens (tertiary/aromatic N) is 4. The second-order valence-corrected chi connectivity index (χ2v) is 8.41. The van der Waals surface area contributed by atoms with E-state index in [9.17, 15) is 18.0 Å². The first kappa shape index (κ1) is 26.3. The van der Waals surface area contributed by atoms with Crippen LogP contribution in [0.4, 0.5) is 23.7 Å². The number of nitrogens with one attached hydrogen (secondary N) is 1. The maximum atomic E-state index is 13.9. The van der Waals surface area contributed by atoms with E-state index in [1.165, 1.54) is 47.3 Å². The summed E-state index contributed by atoms with van der Waals surface area (Å²) in [5, 5.41) is 10.9. The summed E-state index contributed by atoms with van der Waals surface area (Å²) in [7, 11) is 1.67. The quantitative estimate of drug-likeness (QED) is 0.310. The van der Waals surface area contributed by atoms with Gasteiger partial charge in [0.2, 0.25) is 0 Å². The Morgan fingerprint density at radius 2 is 1.81 bits per heavy atom. The van der Waals surface area contributed by atoms with Crippen molar-refractivity contribution in [3.8, 4) is 28.4 Å². The van der Waals surface area contributed by atoms with Crippen LogP contribution in [-0.4, -0.2) is 38.8 Å². The van der Waals surface area contributed by atoms with Crippen LogP contribution >= 0.6 is 23.2 Å². The molecule has 37 heavy (non-hydrogen) atoms. The Hall–Kier alpha value is -3.74. The Bertz CT molecular complexity index is 1400. The molecule has 0 aliphatic rings. The minimum Gasteiger partial charge on any atom is -0.492 e. The highest BCUT2D eigenvalue weighted by molar-refractivity contribution is 6.33. The Morgan fingerprint density at radius 3 is 2.43 bits per heavy atom. The SMILES string of the molecule is Cn1ncc(Cl)c1-c1cc(NC(=O)Oc2cnn(-c3ccc(Cl)cc3)c2C(F)(F)F)ccc1OCCN. The molecule has 9 nitrogen and oxygen atoms in total. The summed E-state index contributed by atoms with van der Waals surface area (Å²) in [6.07, 6.45) is -3.80. The fourth-order valence-electron chi connectivity index (χ4n) is 3.49. The third-order valence-electron chi connectivity index (χ3n) is 5.03. The van der Waals surface area contributed by atoms with Gasteiger partial charge in [0.1, 0.15) is 12.4 Å². The van der Waals surface area contributed by atoms with Crippen molar-refractivity contribution in [2.75, 3.05) is 18.5 Å². The molecule has 0 saturated carbocycles. The number of anilines is 1. The second kappa shape index (κ2) is 10.7. The molecule has 0 aliphatic carbocycles. The molecule has 0 saturated heterocycles. The number of aromatic nitrogens is 4. The van der Waals surface area contributed by atoms with Gasteiger partial charge in [-0.25, -0.2) is 9.48 Å². The van der Waals surface area contributed by atoms with Crippen molar-refractivity contribution in [1.82, 2.24) is 19.6 Å². The van der Waals surface area contributed by atoms with Crippen molar-refractivity contribution in [2.45, 2.75) is 6.18 Å². The summed E-state index contributed by atoms with van der Waals surface area (Å²) in [5.74, 6) is -0.365. The molecule has 1 amide bonds. The van der Waals surface area contributed by atoms with E-state index in [0.717, 1.165) is 6.20 Å². The van der Waals surface area contributed by atoms with Gasteiger partial charge in [0, 0.05) is 29.9 Å². The van der Waals surface area contributed by atoms with E-state index in [2.05, 4.69) is 15.5 Å². The minimum absolute atomic E-state index is 0.0812. The minimum atomic E-state index is -4.88. The van der Waals surface area contributed by atoms with Crippen LogP contribution in [0.2, 0.25) is 10.0 Å². The first-order valence-electron chi connectivity index (χ1n) is 10.6. The summed E-state index contributed by atoms with van der Waals surface area (Å²) < 4.78 is 54.4. The van der Waals surface area contributed by atoms with Gasteiger partial charge in [0.05, 0.1) is 28.8 Å². The Morgan fingerprint density at radius 1 is 1.08 bits per heavy atom. The predicted octanol–water partition coefficient (Wildman–Crippen LogP) is 5.55. The molecule has 0 radical (unpaired) electrons. The zero-order chi connectivity index (χ0) is 26.7. The van der Waals surface area contributed by atoms with Crippen LogP contribution in [0.5, 0.6) is 11.5 Å². The molecule has 194 valence electrons. The van der Waals surface area contributed by atoms with Crippen LogP contribution in [0.25, 0.3) is 16.9 Å². The molecule has 2 aromatic carbocycles. The highest BCUT2D eigenvalue weighted by atomic mass is 35.5. The number of nitrogens with two attached hydrogens (primary N) is 1. The topological polar surface area (TPSA) is 109 Å². The number of halogens is 5. The zero-order valence-corrected chi connectivity index (χ0v) is 20.6. The standard InChI is InChI=1S/C23H19Cl2F3N6O3/c1-33-20(17(25)11-30-33)16-10-14(4-7-18(16)36-9-8-29)32-22(35)37-19-12-31-34(21(19)23(26,27)28)15-5-2-13(24)3-6-15/h2-7,10-12H,8-9,29H2,1H3,(H,32,35). The summed E-state index contributed by atoms with van der Waals surface area (Å²) in [6, 6.07) is 10.1. The van der Waals surface area contributed by atoms with Crippen molar-refractivity contribution in [1.29, 1.82) is 0 Å². The Labute approximate surface area is 218 Å². The molecule has 0 bridgehead atoms. The summed E-state index contributed by atoms with van der Waals surface area (Å²) >= 11 is 12.1. The van der Waals surface area contributed by atoms with Gasteiger partial charge in [-0.3, -0.25) is 10.00 Å². The van der Waals surface area contributed by atoms with Crippen molar-refractivity contribution in [2.24, 2.45) is 12.8 Å². The largest absolute Gasteiger partial charge is 0.492 e. The van der Waals surface area contributed by atoms with Gasteiger partial charge < -0.3 is 15.2 Å². The van der Waals surface area contributed by atoms with Crippen LogP contribution in [0.3, 0.4) is 0 Å².